The molecule has 0 spiro atoms. The van der Waals surface area contributed by atoms with E-state index in [2.05, 4.69) is 50.5 Å². The van der Waals surface area contributed by atoms with E-state index < -0.39 is 0 Å². The molecule has 20 heavy (non-hydrogen) atoms. The van der Waals surface area contributed by atoms with Crippen LogP contribution < -0.4 is 10.6 Å². The third-order valence-electron chi connectivity index (χ3n) is 3.57. The van der Waals surface area contributed by atoms with Crippen molar-refractivity contribution < 1.29 is 4.79 Å². The Balaban J connectivity index is 2.52. The van der Waals surface area contributed by atoms with E-state index >= 15 is 0 Å². The molecule has 1 unspecified atom stereocenters. The van der Waals surface area contributed by atoms with Gasteiger partial charge in [0.05, 0.1) is 0 Å². The maximum atomic E-state index is 11.5. The fraction of sp³-hybridized carbons (Fsp3) is 0.588. The summed E-state index contributed by atoms with van der Waals surface area (Å²) in [5, 5.41) is 6.41. The first kappa shape index (κ1) is 16.7. The van der Waals surface area contributed by atoms with Crippen molar-refractivity contribution in [2.45, 2.75) is 47.6 Å². The van der Waals surface area contributed by atoms with Gasteiger partial charge in [-0.05, 0) is 44.4 Å². The largest absolute Gasteiger partial charge is 0.355 e. The normalized spacial score (nSPS) is 12.6. The lowest BCUT2D eigenvalue weighted by Crippen LogP contribution is -2.35. The van der Waals surface area contributed by atoms with Gasteiger partial charge in [0.2, 0.25) is 5.91 Å². The summed E-state index contributed by atoms with van der Waals surface area (Å²) in [6.07, 6.45) is 0. The van der Waals surface area contributed by atoms with Gasteiger partial charge < -0.3 is 10.6 Å². The molecule has 3 heteroatoms. The van der Waals surface area contributed by atoms with Crippen molar-refractivity contribution in [1.82, 2.24) is 10.6 Å². The van der Waals surface area contributed by atoms with E-state index in [1.54, 1.807) is 0 Å². The zero-order valence-electron chi connectivity index (χ0n) is 13.6. The Labute approximate surface area is 123 Å². The van der Waals surface area contributed by atoms with Crippen LogP contribution in [0.3, 0.4) is 0 Å². The van der Waals surface area contributed by atoms with Gasteiger partial charge in [0.15, 0.2) is 0 Å². The topological polar surface area (TPSA) is 41.1 Å². The Hall–Kier alpha value is -1.35. The maximum absolute atomic E-state index is 11.5. The second kappa shape index (κ2) is 7.44. The summed E-state index contributed by atoms with van der Waals surface area (Å²) in [5.74, 6) is 0.163. The van der Waals surface area contributed by atoms with Gasteiger partial charge in [-0.3, -0.25) is 4.79 Å². The SMILES string of the molecule is Cc1cc(C)c(C(C)NCCNC(=O)C(C)C)c(C)c1. The van der Waals surface area contributed by atoms with Gasteiger partial charge in [-0.25, -0.2) is 0 Å². The van der Waals surface area contributed by atoms with Crippen LogP contribution in [0.15, 0.2) is 12.1 Å². The summed E-state index contributed by atoms with van der Waals surface area (Å²) >= 11 is 0. The molecule has 1 aromatic rings. The average Bonchev–Trinajstić information content (AvgIpc) is 2.32. The van der Waals surface area contributed by atoms with Crippen LogP contribution in [0.4, 0.5) is 0 Å². The number of nitrogens with one attached hydrogen (secondary N) is 2. The Morgan fingerprint density at radius 3 is 2.10 bits per heavy atom. The Bertz CT molecular complexity index is 443. The zero-order valence-corrected chi connectivity index (χ0v) is 13.6. The molecular formula is C17H28N2O. The van der Waals surface area contributed by atoms with Crippen LogP contribution in [-0.2, 0) is 4.79 Å². The van der Waals surface area contributed by atoms with Crippen molar-refractivity contribution in [3.8, 4) is 0 Å². The average molecular weight is 276 g/mol. The van der Waals surface area contributed by atoms with Crippen LogP contribution in [-0.4, -0.2) is 19.0 Å². The molecule has 2 N–H and O–H groups in total. The fourth-order valence-electron chi connectivity index (χ4n) is 2.65. The van der Waals surface area contributed by atoms with Gasteiger partial charge in [-0.2, -0.15) is 0 Å². The highest BCUT2D eigenvalue weighted by Crippen LogP contribution is 2.22. The number of hydrogen-bond acceptors (Lipinski definition) is 2. The molecule has 0 bridgehead atoms. The number of hydrogen-bond donors (Lipinski definition) is 2. The third-order valence-corrected chi connectivity index (χ3v) is 3.57. The number of carbonyl (C=O) groups is 1. The van der Waals surface area contributed by atoms with E-state index in [1.165, 1.54) is 22.3 Å². The monoisotopic (exact) mass is 276 g/mol. The quantitative estimate of drug-likeness (QED) is 0.784. The summed E-state index contributed by atoms with van der Waals surface area (Å²) < 4.78 is 0. The molecule has 0 aliphatic carbocycles. The Kier molecular flexibility index (Phi) is 6.21. The Morgan fingerprint density at radius 1 is 1.05 bits per heavy atom. The van der Waals surface area contributed by atoms with Crippen molar-refractivity contribution in [3.05, 3.63) is 34.4 Å². The third kappa shape index (κ3) is 4.64. The lowest BCUT2D eigenvalue weighted by molar-refractivity contribution is -0.123. The second-order valence-electron chi connectivity index (χ2n) is 5.93. The number of aryl methyl sites for hydroxylation is 3. The minimum absolute atomic E-state index is 0.0500. The minimum Gasteiger partial charge on any atom is -0.355 e. The van der Waals surface area contributed by atoms with Crippen LogP contribution in [0.1, 0.15) is 49.1 Å². The molecule has 3 nitrogen and oxygen atoms in total. The standard InChI is InChI=1S/C17H28N2O/c1-11(2)17(20)19-8-7-18-15(6)16-13(4)9-12(3)10-14(16)5/h9-11,15,18H,7-8H2,1-6H3,(H,19,20). The maximum Gasteiger partial charge on any atom is 0.222 e. The van der Waals surface area contributed by atoms with E-state index in [1.807, 2.05) is 13.8 Å². The molecule has 0 aromatic heterocycles. The van der Waals surface area contributed by atoms with Crippen LogP contribution >= 0.6 is 0 Å². The molecule has 0 heterocycles. The number of benzene rings is 1. The van der Waals surface area contributed by atoms with Crippen molar-refractivity contribution in [3.63, 3.8) is 0 Å². The first-order valence-corrected chi connectivity index (χ1v) is 7.41. The first-order chi connectivity index (χ1) is 9.32. The van der Waals surface area contributed by atoms with Gasteiger partial charge in [-0.15, -0.1) is 0 Å². The summed E-state index contributed by atoms with van der Waals surface area (Å²) in [6.45, 7) is 13.9. The lowest BCUT2D eigenvalue weighted by Gasteiger charge is -2.20. The van der Waals surface area contributed by atoms with Crippen molar-refractivity contribution in [2.75, 3.05) is 13.1 Å². The smallest absolute Gasteiger partial charge is 0.222 e. The molecule has 1 rings (SSSR count). The molecule has 112 valence electrons. The molecular weight excluding hydrogens is 248 g/mol. The van der Waals surface area contributed by atoms with Gasteiger partial charge in [0.1, 0.15) is 0 Å². The molecule has 0 saturated carbocycles. The van der Waals surface area contributed by atoms with Crippen LogP contribution in [0.2, 0.25) is 0 Å². The van der Waals surface area contributed by atoms with Gasteiger partial charge in [0, 0.05) is 25.0 Å². The molecule has 0 aliphatic rings. The second-order valence-corrected chi connectivity index (χ2v) is 5.93. The highest BCUT2D eigenvalue weighted by atomic mass is 16.1. The summed E-state index contributed by atoms with van der Waals surface area (Å²) in [5.41, 5.74) is 5.33. The van der Waals surface area contributed by atoms with E-state index in [-0.39, 0.29) is 11.8 Å². The van der Waals surface area contributed by atoms with Crippen LogP contribution in [0.25, 0.3) is 0 Å². The predicted octanol–water partition coefficient (Wildman–Crippen LogP) is 3.03. The molecule has 0 fully saturated rings. The van der Waals surface area contributed by atoms with Gasteiger partial charge >= 0.3 is 0 Å². The fourth-order valence-corrected chi connectivity index (χ4v) is 2.65. The summed E-state index contributed by atoms with van der Waals surface area (Å²) in [7, 11) is 0. The summed E-state index contributed by atoms with van der Waals surface area (Å²) in [6, 6.07) is 4.74. The first-order valence-electron chi connectivity index (χ1n) is 7.41. The predicted molar refractivity (Wildman–Crippen MR) is 84.9 cm³/mol. The van der Waals surface area contributed by atoms with E-state index in [0.29, 0.717) is 12.6 Å². The van der Waals surface area contributed by atoms with Gasteiger partial charge in [-0.1, -0.05) is 31.5 Å². The van der Waals surface area contributed by atoms with Crippen molar-refractivity contribution >= 4 is 5.91 Å². The summed E-state index contributed by atoms with van der Waals surface area (Å²) in [4.78, 5) is 11.5. The lowest BCUT2D eigenvalue weighted by atomic mass is 9.95. The van der Waals surface area contributed by atoms with Crippen LogP contribution in [0, 0.1) is 26.7 Å². The van der Waals surface area contributed by atoms with E-state index in [4.69, 9.17) is 0 Å². The molecule has 1 amide bonds. The number of rotatable bonds is 6. The van der Waals surface area contributed by atoms with Crippen LogP contribution in [0.5, 0.6) is 0 Å². The zero-order chi connectivity index (χ0) is 15.3. The van der Waals surface area contributed by atoms with E-state index in [9.17, 15) is 4.79 Å². The van der Waals surface area contributed by atoms with Crippen molar-refractivity contribution in [1.29, 1.82) is 0 Å². The highest BCUT2D eigenvalue weighted by molar-refractivity contribution is 5.77. The Morgan fingerprint density at radius 2 is 1.60 bits per heavy atom. The number of carbonyl (C=O) groups excluding carboxylic acids is 1. The van der Waals surface area contributed by atoms with E-state index in [0.717, 1.165) is 6.54 Å². The molecule has 0 saturated heterocycles. The molecule has 1 aromatic carbocycles. The minimum atomic E-state index is 0.0500. The molecule has 1 atom stereocenters. The molecule has 0 radical (unpaired) electrons. The van der Waals surface area contributed by atoms with Gasteiger partial charge in [0.25, 0.3) is 0 Å². The molecule has 0 aliphatic heterocycles. The number of amides is 1. The highest BCUT2D eigenvalue weighted by Gasteiger charge is 2.11. The van der Waals surface area contributed by atoms with Crippen molar-refractivity contribution in [2.24, 2.45) is 5.92 Å².